The van der Waals surface area contributed by atoms with Gasteiger partial charge in [-0.1, -0.05) is 30.3 Å². The van der Waals surface area contributed by atoms with E-state index < -0.39 is 0 Å². The lowest BCUT2D eigenvalue weighted by molar-refractivity contribution is 0.0376. The van der Waals surface area contributed by atoms with Gasteiger partial charge in [0.2, 0.25) is 0 Å². The molecule has 2 aliphatic heterocycles. The third-order valence-corrected chi connectivity index (χ3v) is 6.01. The first-order valence-corrected chi connectivity index (χ1v) is 12.1. The van der Waals surface area contributed by atoms with Crippen molar-refractivity contribution in [3.63, 3.8) is 0 Å². The van der Waals surface area contributed by atoms with E-state index in [0.717, 1.165) is 111 Å². The van der Waals surface area contributed by atoms with E-state index in [0.29, 0.717) is 0 Å². The molecular formula is C24H42N6O. The highest BCUT2D eigenvalue weighted by molar-refractivity contribution is 5.79. The van der Waals surface area contributed by atoms with Crippen LogP contribution in [-0.4, -0.2) is 106 Å². The van der Waals surface area contributed by atoms with Gasteiger partial charge in [0.1, 0.15) is 0 Å². The Morgan fingerprint density at radius 1 is 0.871 bits per heavy atom. The van der Waals surface area contributed by atoms with Gasteiger partial charge < -0.3 is 20.3 Å². The van der Waals surface area contributed by atoms with Gasteiger partial charge in [0.15, 0.2) is 5.96 Å². The van der Waals surface area contributed by atoms with Gasteiger partial charge in [-0.05, 0) is 31.9 Å². The predicted octanol–water partition coefficient (Wildman–Crippen LogP) is 1.47. The Hall–Kier alpha value is -1.67. The van der Waals surface area contributed by atoms with Crippen LogP contribution in [0.15, 0.2) is 35.3 Å². The van der Waals surface area contributed by atoms with Gasteiger partial charge in [0.05, 0.1) is 13.2 Å². The number of ether oxygens (including phenoxy) is 1. The summed E-state index contributed by atoms with van der Waals surface area (Å²) in [5, 5.41) is 6.86. The molecule has 0 unspecified atom stereocenters. The van der Waals surface area contributed by atoms with Crippen molar-refractivity contribution in [3.8, 4) is 0 Å². The summed E-state index contributed by atoms with van der Waals surface area (Å²) in [4.78, 5) is 12.4. The van der Waals surface area contributed by atoms with Crippen LogP contribution < -0.4 is 10.6 Å². The minimum Gasteiger partial charge on any atom is -0.379 e. The number of hydrogen-bond acceptors (Lipinski definition) is 5. The zero-order valence-corrected chi connectivity index (χ0v) is 19.4. The van der Waals surface area contributed by atoms with E-state index in [1.807, 2.05) is 0 Å². The molecule has 0 aliphatic carbocycles. The molecule has 0 amide bonds. The monoisotopic (exact) mass is 430 g/mol. The van der Waals surface area contributed by atoms with Gasteiger partial charge in [0, 0.05) is 72.0 Å². The maximum absolute atomic E-state index is 5.41. The number of hydrogen-bond donors (Lipinski definition) is 2. The quantitative estimate of drug-likeness (QED) is 0.315. The van der Waals surface area contributed by atoms with Crippen molar-refractivity contribution in [2.24, 2.45) is 4.99 Å². The molecular weight excluding hydrogens is 388 g/mol. The SMILES string of the molecule is CCNC(=NCCCN1CCN(Cc2ccccc2)CC1)NCCCN1CCOCC1. The second-order valence-corrected chi connectivity index (χ2v) is 8.45. The largest absolute Gasteiger partial charge is 0.379 e. The number of nitrogens with one attached hydrogen (secondary N) is 2. The molecule has 0 spiro atoms. The first-order chi connectivity index (χ1) is 15.3. The number of morpholine rings is 1. The van der Waals surface area contributed by atoms with Crippen LogP contribution in [0, 0.1) is 0 Å². The van der Waals surface area contributed by atoms with Gasteiger partial charge in [0.25, 0.3) is 0 Å². The Morgan fingerprint density at radius 2 is 1.55 bits per heavy atom. The molecule has 31 heavy (non-hydrogen) atoms. The van der Waals surface area contributed by atoms with Gasteiger partial charge in [-0.3, -0.25) is 14.8 Å². The Morgan fingerprint density at radius 3 is 2.29 bits per heavy atom. The molecule has 2 heterocycles. The van der Waals surface area contributed by atoms with Crippen LogP contribution >= 0.6 is 0 Å². The summed E-state index contributed by atoms with van der Waals surface area (Å²) >= 11 is 0. The summed E-state index contributed by atoms with van der Waals surface area (Å²) in [7, 11) is 0. The zero-order chi connectivity index (χ0) is 21.6. The van der Waals surface area contributed by atoms with E-state index in [-0.39, 0.29) is 0 Å². The molecule has 2 fully saturated rings. The van der Waals surface area contributed by atoms with Crippen LogP contribution in [0.25, 0.3) is 0 Å². The van der Waals surface area contributed by atoms with E-state index in [9.17, 15) is 0 Å². The minimum absolute atomic E-state index is 0.875. The lowest BCUT2D eigenvalue weighted by Gasteiger charge is -2.34. The first-order valence-electron chi connectivity index (χ1n) is 12.1. The number of benzene rings is 1. The molecule has 3 rings (SSSR count). The second-order valence-electron chi connectivity index (χ2n) is 8.45. The minimum atomic E-state index is 0.875. The molecule has 0 atom stereocenters. The summed E-state index contributed by atoms with van der Waals surface area (Å²) in [6.07, 6.45) is 2.25. The number of aliphatic imine (C=N–C) groups is 1. The average Bonchev–Trinajstić information content (AvgIpc) is 2.82. The number of rotatable bonds is 11. The van der Waals surface area contributed by atoms with Crippen LogP contribution in [0.4, 0.5) is 0 Å². The number of guanidine groups is 1. The molecule has 2 aliphatic rings. The molecule has 7 heteroatoms. The maximum atomic E-state index is 5.41. The topological polar surface area (TPSA) is 55.4 Å². The molecule has 2 saturated heterocycles. The zero-order valence-electron chi connectivity index (χ0n) is 19.4. The molecule has 0 aromatic heterocycles. The fraction of sp³-hybridized carbons (Fsp3) is 0.708. The molecule has 7 nitrogen and oxygen atoms in total. The van der Waals surface area contributed by atoms with Crippen molar-refractivity contribution in [3.05, 3.63) is 35.9 Å². The van der Waals surface area contributed by atoms with Crippen LogP contribution in [0.2, 0.25) is 0 Å². The van der Waals surface area contributed by atoms with Crippen molar-refractivity contribution >= 4 is 5.96 Å². The fourth-order valence-corrected chi connectivity index (χ4v) is 4.17. The van der Waals surface area contributed by atoms with Gasteiger partial charge in [-0.2, -0.15) is 0 Å². The number of nitrogens with zero attached hydrogens (tertiary/aromatic N) is 4. The maximum Gasteiger partial charge on any atom is 0.191 e. The highest BCUT2D eigenvalue weighted by Crippen LogP contribution is 2.08. The van der Waals surface area contributed by atoms with E-state index >= 15 is 0 Å². The summed E-state index contributed by atoms with van der Waals surface area (Å²) < 4.78 is 5.41. The molecule has 1 aromatic carbocycles. The van der Waals surface area contributed by atoms with Crippen molar-refractivity contribution < 1.29 is 4.74 Å². The predicted molar refractivity (Wildman–Crippen MR) is 129 cm³/mol. The lowest BCUT2D eigenvalue weighted by atomic mass is 10.2. The Bertz CT molecular complexity index is 612. The average molecular weight is 431 g/mol. The molecule has 0 radical (unpaired) electrons. The van der Waals surface area contributed by atoms with Crippen molar-refractivity contribution in [2.75, 3.05) is 85.2 Å². The van der Waals surface area contributed by atoms with Crippen LogP contribution in [0.5, 0.6) is 0 Å². The van der Waals surface area contributed by atoms with Gasteiger partial charge in [-0.15, -0.1) is 0 Å². The van der Waals surface area contributed by atoms with Crippen LogP contribution in [0.1, 0.15) is 25.3 Å². The van der Waals surface area contributed by atoms with Crippen molar-refractivity contribution in [1.82, 2.24) is 25.3 Å². The summed E-state index contributed by atoms with van der Waals surface area (Å²) in [6, 6.07) is 10.8. The third-order valence-electron chi connectivity index (χ3n) is 6.01. The highest BCUT2D eigenvalue weighted by atomic mass is 16.5. The highest BCUT2D eigenvalue weighted by Gasteiger charge is 2.16. The smallest absolute Gasteiger partial charge is 0.191 e. The Kier molecular flexibility index (Phi) is 11.1. The lowest BCUT2D eigenvalue weighted by Crippen LogP contribution is -2.46. The molecule has 0 saturated carbocycles. The Labute approximate surface area is 188 Å². The molecule has 0 bridgehead atoms. The Balaban J connectivity index is 1.25. The second kappa shape index (κ2) is 14.4. The third kappa shape index (κ3) is 9.56. The van der Waals surface area contributed by atoms with E-state index in [1.54, 1.807) is 0 Å². The number of piperazine rings is 1. The molecule has 1 aromatic rings. The fourth-order valence-electron chi connectivity index (χ4n) is 4.17. The van der Waals surface area contributed by atoms with Crippen molar-refractivity contribution in [1.29, 1.82) is 0 Å². The van der Waals surface area contributed by atoms with E-state index in [2.05, 4.69) is 62.6 Å². The van der Waals surface area contributed by atoms with E-state index in [1.165, 1.54) is 5.56 Å². The van der Waals surface area contributed by atoms with Gasteiger partial charge in [-0.25, -0.2) is 0 Å². The molecule has 2 N–H and O–H groups in total. The summed E-state index contributed by atoms with van der Waals surface area (Å²) in [5.74, 6) is 0.956. The van der Waals surface area contributed by atoms with Crippen molar-refractivity contribution in [2.45, 2.75) is 26.3 Å². The molecule has 174 valence electrons. The summed E-state index contributed by atoms with van der Waals surface area (Å²) in [6.45, 7) is 16.7. The van der Waals surface area contributed by atoms with Gasteiger partial charge >= 0.3 is 0 Å². The summed E-state index contributed by atoms with van der Waals surface area (Å²) in [5.41, 5.74) is 1.42. The van der Waals surface area contributed by atoms with E-state index in [4.69, 9.17) is 9.73 Å². The standard InChI is InChI=1S/C24H42N6O/c1-2-25-24(27-11-7-13-29-18-20-31-21-19-29)26-10-6-12-28-14-16-30(17-15-28)22-23-8-4-3-5-9-23/h3-5,8-9H,2,6-7,10-22H2,1H3,(H2,25,26,27). The normalized spacial score (nSPS) is 19.5. The van der Waals surface area contributed by atoms with Crippen LogP contribution in [0.3, 0.4) is 0 Å². The van der Waals surface area contributed by atoms with Crippen LogP contribution in [-0.2, 0) is 11.3 Å². The first kappa shape index (κ1) is 24.0.